The van der Waals surface area contributed by atoms with Gasteiger partial charge in [-0.15, -0.1) is 0 Å². The average molecular weight is 351 g/mol. The Labute approximate surface area is 154 Å². The maximum absolute atomic E-state index is 6.09. The van der Waals surface area contributed by atoms with Crippen molar-refractivity contribution in [2.45, 2.75) is 50.4 Å². The number of benzene rings is 2. The molecule has 2 aromatic rings. The van der Waals surface area contributed by atoms with Crippen molar-refractivity contribution < 1.29 is 0 Å². The Balaban J connectivity index is 1.50. The van der Waals surface area contributed by atoms with Gasteiger partial charge in [0.15, 0.2) is 0 Å². The molecule has 128 valence electrons. The highest BCUT2D eigenvalue weighted by Gasteiger charge is 2.60. The molecule has 1 saturated heterocycles. The van der Waals surface area contributed by atoms with Crippen LogP contribution in [0.15, 0.2) is 59.6 Å². The van der Waals surface area contributed by atoms with Crippen molar-refractivity contribution in [3.8, 4) is 0 Å². The zero-order valence-corrected chi connectivity index (χ0v) is 15.1. The zero-order valence-electron chi connectivity index (χ0n) is 14.3. The van der Waals surface area contributed by atoms with E-state index >= 15 is 0 Å². The Morgan fingerprint density at radius 2 is 1.56 bits per heavy atom. The van der Waals surface area contributed by atoms with Crippen molar-refractivity contribution in [1.82, 2.24) is 4.90 Å². The maximum Gasteiger partial charge on any atom is 0.106 e. The highest BCUT2D eigenvalue weighted by atomic mass is 35.5. The van der Waals surface area contributed by atoms with E-state index in [1.54, 1.807) is 0 Å². The largest absolute Gasteiger partial charge is 0.268 e. The molecule has 5 rings (SSSR count). The van der Waals surface area contributed by atoms with Gasteiger partial charge >= 0.3 is 0 Å². The van der Waals surface area contributed by atoms with Crippen LogP contribution in [0.25, 0.3) is 0 Å². The number of rotatable bonds is 3. The van der Waals surface area contributed by atoms with Crippen LogP contribution < -0.4 is 0 Å². The zero-order chi connectivity index (χ0) is 16.8. The highest BCUT2D eigenvalue weighted by Crippen LogP contribution is 2.53. The van der Waals surface area contributed by atoms with Gasteiger partial charge in [0.05, 0.1) is 17.8 Å². The second-order valence-electron chi connectivity index (χ2n) is 7.58. The summed E-state index contributed by atoms with van der Waals surface area (Å²) in [5, 5.41) is 0.790. The van der Waals surface area contributed by atoms with E-state index < -0.39 is 0 Å². The standard InChI is InChI=1S/C22H23ClN2/c23-18-13-11-15(12-14-18)19-21-20(16-7-3-1-4-8-16)25(21)22(24-19)17-9-5-2-6-10-17/h1,3-4,7-8,11-14,17,20-22H,2,5-6,9-10H2/t20-,21+,22-,25?/m0/s1. The van der Waals surface area contributed by atoms with Gasteiger partial charge in [-0.2, -0.15) is 0 Å². The molecule has 1 aliphatic carbocycles. The van der Waals surface area contributed by atoms with Crippen LogP contribution in [-0.2, 0) is 0 Å². The van der Waals surface area contributed by atoms with Crippen LogP contribution in [0.2, 0.25) is 5.02 Å². The van der Waals surface area contributed by atoms with E-state index in [1.807, 2.05) is 12.1 Å². The fraction of sp³-hybridized carbons (Fsp3) is 0.409. The molecule has 0 spiro atoms. The summed E-state index contributed by atoms with van der Waals surface area (Å²) in [5.41, 5.74) is 3.92. The quantitative estimate of drug-likeness (QED) is 0.669. The van der Waals surface area contributed by atoms with Crippen molar-refractivity contribution in [3.05, 3.63) is 70.7 Å². The van der Waals surface area contributed by atoms with Crippen LogP contribution in [0, 0.1) is 5.92 Å². The molecule has 2 fully saturated rings. The summed E-state index contributed by atoms with van der Waals surface area (Å²) in [4.78, 5) is 7.87. The van der Waals surface area contributed by atoms with Crippen molar-refractivity contribution in [1.29, 1.82) is 0 Å². The first-order valence-electron chi connectivity index (χ1n) is 9.49. The molecule has 3 heteroatoms. The predicted molar refractivity (Wildman–Crippen MR) is 103 cm³/mol. The number of hydrogen-bond acceptors (Lipinski definition) is 2. The van der Waals surface area contributed by atoms with Crippen LogP contribution in [0.1, 0.15) is 49.3 Å². The van der Waals surface area contributed by atoms with Crippen molar-refractivity contribution in [2.75, 3.05) is 0 Å². The lowest BCUT2D eigenvalue weighted by Gasteiger charge is -2.28. The molecule has 2 nitrogen and oxygen atoms in total. The lowest BCUT2D eigenvalue weighted by atomic mass is 9.87. The SMILES string of the molecule is Clc1ccc(C2=N[C@H](C3CCCCC3)N3[C@H]2[C@@H]3c2ccccc2)cc1. The molecule has 2 aliphatic heterocycles. The molecule has 0 bridgehead atoms. The average Bonchev–Trinajstić information content (AvgIpc) is 3.28. The molecule has 4 atom stereocenters. The van der Waals surface area contributed by atoms with Crippen molar-refractivity contribution in [3.63, 3.8) is 0 Å². The second-order valence-corrected chi connectivity index (χ2v) is 8.02. The van der Waals surface area contributed by atoms with Gasteiger partial charge in [-0.1, -0.05) is 73.3 Å². The fourth-order valence-electron chi connectivity index (χ4n) is 4.80. The predicted octanol–water partition coefficient (Wildman–Crippen LogP) is 5.47. The molecule has 1 unspecified atom stereocenters. The Hall–Kier alpha value is -1.64. The van der Waals surface area contributed by atoms with Crippen LogP contribution in [0.4, 0.5) is 0 Å². The Morgan fingerprint density at radius 3 is 2.28 bits per heavy atom. The first kappa shape index (κ1) is 15.6. The van der Waals surface area contributed by atoms with Crippen LogP contribution in [-0.4, -0.2) is 22.8 Å². The van der Waals surface area contributed by atoms with E-state index in [0.29, 0.717) is 18.2 Å². The second kappa shape index (κ2) is 6.26. The van der Waals surface area contributed by atoms with Gasteiger partial charge in [0.1, 0.15) is 6.17 Å². The molecule has 1 saturated carbocycles. The first-order valence-corrected chi connectivity index (χ1v) is 9.87. The molecule has 3 aliphatic rings. The number of halogens is 1. The highest BCUT2D eigenvalue weighted by molar-refractivity contribution is 6.30. The minimum absolute atomic E-state index is 0.362. The third-order valence-corrected chi connectivity index (χ3v) is 6.31. The van der Waals surface area contributed by atoms with E-state index in [1.165, 1.54) is 48.9 Å². The van der Waals surface area contributed by atoms with Crippen molar-refractivity contribution in [2.24, 2.45) is 10.9 Å². The molecule has 0 amide bonds. The number of aliphatic imine (C=N–C) groups is 1. The lowest BCUT2D eigenvalue weighted by molar-refractivity contribution is 0.219. The minimum Gasteiger partial charge on any atom is -0.268 e. The van der Waals surface area contributed by atoms with Gasteiger partial charge in [-0.3, -0.25) is 9.89 Å². The smallest absolute Gasteiger partial charge is 0.106 e. The van der Waals surface area contributed by atoms with E-state index in [4.69, 9.17) is 16.6 Å². The third kappa shape index (κ3) is 2.72. The van der Waals surface area contributed by atoms with Gasteiger partial charge in [0.25, 0.3) is 0 Å². The minimum atomic E-state index is 0.362. The number of nitrogens with zero attached hydrogens (tertiary/aromatic N) is 2. The summed E-state index contributed by atoms with van der Waals surface area (Å²) in [6.45, 7) is 0. The van der Waals surface area contributed by atoms with E-state index in [-0.39, 0.29) is 0 Å². The monoisotopic (exact) mass is 350 g/mol. The summed E-state index contributed by atoms with van der Waals surface area (Å²) in [5.74, 6) is 0.717. The summed E-state index contributed by atoms with van der Waals surface area (Å²) in [6.07, 6.45) is 7.13. The molecule has 2 aromatic carbocycles. The van der Waals surface area contributed by atoms with Gasteiger partial charge in [0.2, 0.25) is 0 Å². The fourth-order valence-corrected chi connectivity index (χ4v) is 4.93. The van der Waals surface area contributed by atoms with Gasteiger partial charge in [0, 0.05) is 5.02 Å². The maximum atomic E-state index is 6.09. The van der Waals surface area contributed by atoms with Crippen LogP contribution >= 0.6 is 11.6 Å². The third-order valence-electron chi connectivity index (χ3n) is 6.06. The lowest BCUT2D eigenvalue weighted by Crippen LogP contribution is -2.27. The summed E-state index contributed by atoms with van der Waals surface area (Å²) in [7, 11) is 0. The molecule has 0 N–H and O–H groups in total. The normalized spacial score (nSPS) is 31.5. The molecule has 25 heavy (non-hydrogen) atoms. The molecular weight excluding hydrogens is 328 g/mol. The van der Waals surface area contributed by atoms with Crippen LogP contribution in [0.3, 0.4) is 0 Å². The topological polar surface area (TPSA) is 15.4 Å². The Kier molecular flexibility index (Phi) is 3.91. The summed E-state index contributed by atoms with van der Waals surface area (Å²) >= 11 is 6.09. The first-order chi connectivity index (χ1) is 12.3. The van der Waals surface area contributed by atoms with Gasteiger partial charge in [-0.25, -0.2) is 0 Å². The Morgan fingerprint density at radius 1 is 0.840 bits per heavy atom. The molecule has 0 aromatic heterocycles. The summed E-state index contributed by atoms with van der Waals surface area (Å²) < 4.78 is 0. The Bertz CT molecular complexity index is 777. The van der Waals surface area contributed by atoms with Gasteiger partial charge in [-0.05, 0) is 42.0 Å². The molecular formula is C22H23ClN2. The molecule has 2 heterocycles. The van der Waals surface area contributed by atoms with Crippen molar-refractivity contribution >= 4 is 17.3 Å². The van der Waals surface area contributed by atoms with E-state index in [2.05, 4.69) is 47.4 Å². The van der Waals surface area contributed by atoms with Gasteiger partial charge < -0.3 is 0 Å². The number of fused-ring (bicyclic) bond motifs is 1. The van der Waals surface area contributed by atoms with E-state index in [9.17, 15) is 0 Å². The van der Waals surface area contributed by atoms with E-state index in [0.717, 1.165) is 10.9 Å². The molecule has 0 radical (unpaired) electrons. The summed E-state index contributed by atoms with van der Waals surface area (Å²) in [6, 6.07) is 20.1. The number of hydrogen-bond donors (Lipinski definition) is 0. The van der Waals surface area contributed by atoms with Crippen LogP contribution in [0.5, 0.6) is 0 Å².